The predicted octanol–water partition coefficient (Wildman–Crippen LogP) is 5.35. The largest absolute Gasteiger partial charge is 0.364 e. The number of hydroxylamine groups is 1. The molecule has 3 aromatic heterocycles. The van der Waals surface area contributed by atoms with Crippen LogP contribution in [-0.2, 0) is 9.32 Å². The van der Waals surface area contributed by atoms with Crippen LogP contribution in [0.3, 0.4) is 0 Å². The van der Waals surface area contributed by atoms with Crippen molar-refractivity contribution in [1.82, 2.24) is 30.6 Å². The van der Waals surface area contributed by atoms with Crippen LogP contribution in [0, 0.1) is 29.4 Å². The van der Waals surface area contributed by atoms with Crippen molar-refractivity contribution in [3.05, 3.63) is 30.1 Å². The lowest BCUT2D eigenvalue weighted by atomic mass is 9.60. The van der Waals surface area contributed by atoms with Crippen LogP contribution in [0.25, 0.3) is 22.6 Å². The number of carbonyl (C=O) groups is 1. The molecule has 204 valence electrons. The van der Waals surface area contributed by atoms with E-state index < -0.39 is 20.0 Å². The summed E-state index contributed by atoms with van der Waals surface area (Å²) in [5.41, 5.74) is 3.41. The van der Waals surface area contributed by atoms with Gasteiger partial charge >= 0.3 is 0 Å². The third-order valence-electron chi connectivity index (χ3n) is 8.69. The summed E-state index contributed by atoms with van der Waals surface area (Å²) in [6, 6.07) is 1.18. The van der Waals surface area contributed by atoms with Gasteiger partial charge in [0.1, 0.15) is 11.5 Å². The van der Waals surface area contributed by atoms with Gasteiger partial charge in [-0.15, -0.1) is 0 Å². The van der Waals surface area contributed by atoms with Gasteiger partial charge in [-0.2, -0.15) is 5.10 Å². The second kappa shape index (κ2) is 9.95. The lowest BCUT2D eigenvalue weighted by Gasteiger charge is -2.49. The van der Waals surface area contributed by atoms with Crippen LogP contribution >= 0.6 is 0 Å². The van der Waals surface area contributed by atoms with Crippen LogP contribution < -0.4 is 10.8 Å². The Balaban J connectivity index is 1.36. The summed E-state index contributed by atoms with van der Waals surface area (Å²) in [5, 5.41) is 10.6. The van der Waals surface area contributed by atoms with Gasteiger partial charge < -0.3 is 9.84 Å². The molecule has 3 N–H and O–H groups in total. The minimum atomic E-state index is -2.14. The third-order valence-corrected chi connectivity index (χ3v) is 12.9. The Morgan fingerprint density at radius 1 is 1.13 bits per heavy atom. The summed E-state index contributed by atoms with van der Waals surface area (Å²) in [6.45, 7) is 10.5. The van der Waals surface area contributed by atoms with Crippen molar-refractivity contribution in [2.45, 2.75) is 77.0 Å². The fourth-order valence-corrected chi connectivity index (χ4v) is 6.15. The molecule has 3 saturated carbocycles. The number of anilines is 1. The van der Waals surface area contributed by atoms with E-state index in [4.69, 9.17) is 4.53 Å². The highest BCUT2D eigenvalue weighted by Crippen LogP contribution is 2.47. The van der Waals surface area contributed by atoms with Gasteiger partial charge in [0.2, 0.25) is 14.2 Å². The van der Waals surface area contributed by atoms with E-state index in [0.29, 0.717) is 35.0 Å². The molecule has 3 aliphatic carbocycles. The fraction of sp³-hybridized carbons (Fsp3) is 0.577. The SMILES string of the molecule is CC(C)(C)[Si](C)(C)ONC(=O)C[C@H]1C2CCC(CC2)[C@@H]1Nc1nc(-c2[nH]nc3ncc(F)cc23)ncc1F. The number of nitrogens with one attached hydrogen (secondary N) is 3. The molecule has 0 aromatic carbocycles. The first-order valence-corrected chi connectivity index (χ1v) is 16.1. The van der Waals surface area contributed by atoms with Crippen molar-refractivity contribution in [3.63, 3.8) is 0 Å². The molecular weight excluding hydrogens is 508 g/mol. The Hall–Kier alpha value is -2.99. The highest BCUT2D eigenvalue weighted by atomic mass is 28.4. The number of rotatable bonds is 7. The number of hydrogen-bond acceptors (Lipinski definition) is 7. The average molecular weight is 544 g/mol. The minimum Gasteiger partial charge on any atom is -0.364 e. The molecule has 0 aliphatic heterocycles. The second-order valence-electron chi connectivity index (χ2n) is 12.1. The van der Waals surface area contributed by atoms with Gasteiger partial charge in [0.05, 0.1) is 17.8 Å². The fourth-order valence-electron chi connectivity index (χ4n) is 5.48. The Kier molecular flexibility index (Phi) is 6.97. The molecule has 1 amide bonds. The van der Waals surface area contributed by atoms with E-state index in [-0.39, 0.29) is 34.5 Å². The zero-order valence-electron chi connectivity index (χ0n) is 22.4. The van der Waals surface area contributed by atoms with Gasteiger partial charge in [-0.05, 0) is 67.6 Å². The first kappa shape index (κ1) is 26.6. The first-order chi connectivity index (χ1) is 17.9. The standard InChI is InChI=1S/C26H35F2N7O2Si/c1-26(2,3)38(4,5)37-35-20(36)11-17-14-6-8-15(9-7-14)21(17)31-24-19(28)13-30-25(32-24)22-18-10-16(27)12-29-23(18)34-33-22/h10,12-15,17,21H,6-9,11H2,1-5H3,(H,35,36)(H,29,33,34)(H,30,31,32)/t14?,15?,17-,21-/m0/s1. The molecule has 9 nitrogen and oxygen atoms in total. The molecule has 12 heteroatoms. The molecule has 2 bridgehead atoms. The lowest BCUT2D eigenvalue weighted by Crippen LogP contribution is -2.51. The van der Waals surface area contributed by atoms with E-state index >= 15 is 0 Å². The molecule has 3 heterocycles. The van der Waals surface area contributed by atoms with Crippen molar-refractivity contribution in [1.29, 1.82) is 0 Å². The normalized spacial score (nSPS) is 23.6. The van der Waals surface area contributed by atoms with Crippen molar-refractivity contribution in [2.24, 2.45) is 17.8 Å². The van der Waals surface area contributed by atoms with E-state index in [9.17, 15) is 13.6 Å². The summed E-state index contributed by atoms with van der Waals surface area (Å²) in [4.78, 5) is 25.5. The number of carbonyl (C=O) groups excluding carboxylic acids is 1. The number of halogens is 2. The van der Waals surface area contributed by atoms with Crippen molar-refractivity contribution in [3.8, 4) is 11.5 Å². The summed E-state index contributed by atoms with van der Waals surface area (Å²) in [6.07, 6.45) is 6.63. The zero-order chi connectivity index (χ0) is 27.2. The summed E-state index contributed by atoms with van der Waals surface area (Å²) in [5.74, 6) is -0.319. The monoisotopic (exact) mass is 543 g/mol. The van der Waals surface area contributed by atoms with E-state index in [1.807, 2.05) is 0 Å². The highest BCUT2D eigenvalue weighted by molar-refractivity contribution is 6.74. The van der Waals surface area contributed by atoms with Gasteiger partial charge in [-0.3, -0.25) is 9.89 Å². The molecule has 0 spiro atoms. The first-order valence-electron chi connectivity index (χ1n) is 13.2. The molecule has 0 unspecified atom stereocenters. The number of fused-ring (bicyclic) bond motifs is 4. The zero-order valence-corrected chi connectivity index (χ0v) is 23.4. The predicted molar refractivity (Wildman–Crippen MR) is 142 cm³/mol. The summed E-state index contributed by atoms with van der Waals surface area (Å²) in [7, 11) is -2.14. The number of pyridine rings is 1. The van der Waals surface area contributed by atoms with Crippen LogP contribution in [-0.4, -0.2) is 45.4 Å². The van der Waals surface area contributed by atoms with E-state index in [1.165, 1.54) is 6.07 Å². The number of nitrogens with zero attached hydrogens (tertiary/aromatic N) is 4. The summed E-state index contributed by atoms with van der Waals surface area (Å²) < 4.78 is 34.7. The maximum atomic E-state index is 15.0. The number of aromatic nitrogens is 5. The smallest absolute Gasteiger partial charge is 0.242 e. The highest BCUT2D eigenvalue weighted by Gasteiger charge is 2.45. The molecular formula is C26H35F2N7O2Si. The number of aromatic amines is 1. The quantitative estimate of drug-likeness (QED) is 0.271. The molecule has 3 aromatic rings. The van der Waals surface area contributed by atoms with Crippen LogP contribution in [0.1, 0.15) is 52.9 Å². The number of H-pyrrole nitrogens is 1. The Morgan fingerprint density at radius 2 is 1.84 bits per heavy atom. The molecule has 3 fully saturated rings. The molecule has 38 heavy (non-hydrogen) atoms. The Bertz CT molecular complexity index is 1330. The van der Waals surface area contributed by atoms with E-state index in [0.717, 1.165) is 38.1 Å². The van der Waals surface area contributed by atoms with Gasteiger partial charge in [-0.1, -0.05) is 20.8 Å². The maximum Gasteiger partial charge on any atom is 0.242 e. The molecule has 3 aliphatic rings. The molecule has 0 radical (unpaired) electrons. The van der Waals surface area contributed by atoms with Crippen LogP contribution in [0.5, 0.6) is 0 Å². The van der Waals surface area contributed by atoms with Crippen molar-refractivity contribution in [2.75, 3.05) is 5.32 Å². The van der Waals surface area contributed by atoms with Crippen molar-refractivity contribution >= 4 is 31.1 Å². The van der Waals surface area contributed by atoms with Crippen LogP contribution in [0.2, 0.25) is 18.1 Å². The maximum absolute atomic E-state index is 15.0. The average Bonchev–Trinajstić information content (AvgIpc) is 3.28. The van der Waals surface area contributed by atoms with Gasteiger partial charge in [0, 0.05) is 12.5 Å². The summed E-state index contributed by atoms with van der Waals surface area (Å²) >= 11 is 0. The van der Waals surface area contributed by atoms with Gasteiger partial charge in [0.15, 0.2) is 23.1 Å². The van der Waals surface area contributed by atoms with Crippen molar-refractivity contribution < 1.29 is 18.1 Å². The van der Waals surface area contributed by atoms with E-state index in [2.05, 4.69) is 69.8 Å². The Morgan fingerprint density at radius 3 is 2.55 bits per heavy atom. The Labute approximate surface area is 221 Å². The topological polar surface area (TPSA) is 118 Å². The van der Waals surface area contributed by atoms with Gasteiger partial charge in [-0.25, -0.2) is 29.2 Å². The lowest BCUT2D eigenvalue weighted by molar-refractivity contribution is -0.130. The van der Waals surface area contributed by atoms with Crippen LogP contribution in [0.15, 0.2) is 18.5 Å². The second-order valence-corrected chi connectivity index (χ2v) is 16.8. The van der Waals surface area contributed by atoms with Crippen LogP contribution in [0.4, 0.5) is 14.6 Å². The molecule has 2 atom stereocenters. The minimum absolute atomic E-state index is 0.0228. The molecule has 0 saturated heterocycles. The molecule has 6 rings (SSSR count). The third kappa shape index (κ3) is 5.15. The van der Waals surface area contributed by atoms with Gasteiger partial charge in [0.25, 0.3) is 0 Å². The number of amides is 1. The van der Waals surface area contributed by atoms with E-state index in [1.54, 1.807) is 0 Å². The number of hydrogen-bond donors (Lipinski definition) is 3.